The van der Waals surface area contributed by atoms with Gasteiger partial charge in [-0.3, -0.25) is 4.79 Å². The molecule has 0 saturated heterocycles. The number of carbonyl (C=O) groups is 1. The van der Waals surface area contributed by atoms with Crippen LogP contribution in [0, 0.1) is 6.92 Å². The van der Waals surface area contributed by atoms with Gasteiger partial charge in [0.2, 0.25) is 5.91 Å². The number of amides is 1. The normalized spacial score (nSPS) is 17.5. The third-order valence-electron chi connectivity index (χ3n) is 3.82. The van der Waals surface area contributed by atoms with Crippen LogP contribution in [0.2, 0.25) is 5.02 Å². The lowest BCUT2D eigenvalue weighted by molar-refractivity contribution is -0.130. The van der Waals surface area contributed by atoms with Crippen LogP contribution in [0.5, 0.6) is 0 Å². The molecular formula is C18H17ClN2O. The highest BCUT2D eigenvalue weighted by molar-refractivity contribution is 6.30. The van der Waals surface area contributed by atoms with Crippen LogP contribution >= 0.6 is 11.6 Å². The molecule has 0 fully saturated rings. The molecule has 3 nitrogen and oxygen atoms in total. The molecule has 1 atom stereocenters. The fraction of sp³-hybridized carbons (Fsp3) is 0.222. The maximum Gasteiger partial charge on any atom is 0.240 e. The van der Waals surface area contributed by atoms with E-state index in [0.717, 1.165) is 16.8 Å². The molecule has 1 aliphatic rings. The van der Waals surface area contributed by atoms with Crippen molar-refractivity contribution < 1.29 is 4.79 Å². The van der Waals surface area contributed by atoms with Crippen LogP contribution in [0.1, 0.15) is 36.1 Å². The van der Waals surface area contributed by atoms with E-state index in [1.165, 1.54) is 5.56 Å². The molecule has 0 bridgehead atoms. The van der Waals surface area contributed by atoms with E-state index in [-0.39, 0.29) is 11.9 Å². The van der Waals surface area contributed by atoms with Crippen molar-refractivity contribution in [3.05, 3.63) is 70.2 Å². The largest absolute Gasteiger partial charge is 0.273 e. The molecule has 112 valence electrons. The van der Waals surface area contributed by atoms with Crippen LogP contribution in [0.4, 0.5) is 0 Å². The van der Waals surface area contributed by atoms with Crippen molar-refractivity contribution in [3.8, 4) is 0 Å². The van der Waals surface area contributed by atoms with Crippen LogP contribution in [-0.2, 0) is 4.79 Å². The highest BCUT2D eigenvalue weighted by atomic mass is 35.5. The highest BCUT2D eigenvalue weighted by Gasteiger charge is 2.31. The summed E-state index contributed by atoms with van der Waals surface area (Å²) in [6.07, 6.45) is 0.698. The Labute approximate surface area is 135 Å². The quantitative estimate of drug-likeness (QED) is 0.811. The van der Waals surface area contributed by atoms with Crippen molar-refractivity contribution >= 4 is 23.2 Å². The van der Waals surface area contributed by atoms with Crippen LogP contribution in [0.25, 0.3) is 0 Å². The van der Waals surface area contributed by atoms with E-state index in [0.29, 0.717) is 11.4 Å². The van der Waals surface area contributed by atoms with E-state index in [1.54, 1.807) is 11.9 Å². The first kappa shape index (κ1) is 14.8. The summed E-state index contributed by atoms with van der Waals surface area (Å²) in [5.74, 6) is -0.0624. The molecule has 0 unspecified atom stereocenters. The Morgan fingerprint density at radius 3 is 2.68 bits per heavy atom. The Morgan fingerprint density at radius 1 is 1.23 bits per heavy atom. The molecule has 1 amide bonds. The van der Waals surface area contributed by atoms with Gasteiger partial charge in [0.15, 0.2) is 0 Å². The number of halogens is 1. The summed E-state index contributed by atoms with van der Waals surface area (Å²) in [5, 5.41) is 6.77. The lowest BCUT2D eigenvalue weighted by Gasteiger charge is -2.20. The molecule has 22 heavy (non-hydrogen) atoms. The summed E-state index contributed by atoms with van der Waals surface area (Å²) < 4.78 is 0. The first-order chi connectivity index (χ1) is 10.5. The zero-order valence-electron chi connectivity index (χ0n) is 12.6. The van der Waals surface area contributed by atoms with Crippen LogP contribution in [0.15, 0.2) is 53.6 Å². The molecule has 2 aromatic carbocycles. The minimum Gasteiger partial charge on any atom is -0.273 e. The van der Waals surface area contributed by atoms with E-state index in [2.05, 4.69) is 24.2 Å². The van der Waals surface area contributed by atoms with Crippen molar-refractivity contribution in [1.82, 2.24) is 5.01 Å². The van der Waals surface area contributed by atoms with Crippen molar-refractivity contribution in [2.75, 3.05) is 0 Å². The Kier molecular flexibility index (Phi) is 3.99. The van der Waals surface area contributed by atoms with E-state index in [9.17, 15) is 4.79 Å². The molecule has 0 N–H and O–H groups in total. The monoisotopic (exact) mass is 312 g/mol. The minimum absolute atomic E-state index is 0.0624. The number of rotatable bonds is 2. The Bertz CT molecular complexity index is 754. The average molecular weight is 313 g/mol. The van der Waals surface area contributed by atoms with E-state index < -0.39 is 0 Å². The lowest BCUT2D eigenvalue weighted by atomic mass is 9.98. The maximum atomic E-state index is 11.9. The lowest BCUT2D eigenvalue weighted by Crippen LogP contribution is -2.24. The van der Waals surface area contributed by atoms with Gasteiger partial charge in [-0.15, -0.1) is 0 Å². The van der Waals surface area contributed by atoms with Gasteiger partial charge in [0.05, 0.1) is 11.8 Å². The molecule has 4 heteroatoms. The van der Waals surface area contributed by atoms with E-state index in [4.69, 9.17) is 11.6 Å². The fourth-order valence-electron chi connectivity index (χ4n) is 2.77. The highest BCUT2D eigenvalue weighted by Crippen LogP contribution is 2.33. The SMILES string of the molecule is CC(=O)N1N=C(c2cccc(C)c2)C[C@H]1c1cccc(Cl)c1. The van der Waals surface area contributed by atoms with Crippen molar-refractivity contribution in [2.24, 2.45) is 5.10 Å². The van der Waals surface area contributed by atoms with Gasteiger partial charge in [-0.2, -0.15) is 5.10 Å². The second-order valence-electron chi connectivity index (χ2n) is 5.55. The van der Waals surface area contributed by atoms with E-state index >= 15 is 0 Å². The predicted octanol–water partition coefficient (Wildman–Crippen LogP) is 4.35. The molecule has 3 rings (SSSR count). The van der Waals surface area contributed by atoms with Gasteiger partial charge >= 0.3 is 0 Å². The molecule has 2 aromatic rings. The summed E-state index contributed by atoms with van der Waals surface area (Å²) in [6.45, 7) is 3.59. The number of carbonyl (C=O) groups excluding carboxylic acids is 1. The molecular weight excluding hydrogens is 296 g/mol. The minimum atomic E-state index is -0.0910. The Balaban J connectivity index is 1.96. The Hall–Kier alpha value is -2.13. The van der Waals surface area contributed by atoms with E-state index in [1.807, 2.05) is 36.4 Å². The second kappa shape index (κ2) is 5.93. The van der Waals surface area contributed by atoms with Crippen LogP contribution in [0.3, 0.4) is 0 Å². The first-order valence-corrected chi connectivity index (χ1v) is 7.62. The average Bonchev–Trinajstić information content (AvgIpc) is 2.92. The summed E-state index contributed by atoms with van der Waals surface area (Å²) in [6, 6.07) is 15.7. The number of nitrogens with zero attached hydrogens (tertiary/aromatic N) is 2. The first-order valence-electron chi connectivity index (χ1n) is 7.24. The van der Waals surface area contributed by atoms with Crippen molar-refractivity contribution in [3.63, 3.8) is 0 Å². The summed E-state index contributed by atoms with van der Waals surface area (Å²) in [5.41, 5.74) is 4.19. The maximum absolute atomic E-state index is 11.9. The fourth-order valence-corrected chi connectivity index (χ4v) is 2.97. The molecule has 0 aromatic heterocycles. The summed E-state index contributed by atoms with van der Waals surface area (Å²) >= 11 is 6.08. The smallest absolute Gasteiger partial charge is 0.240 e. The number of hydrogen-bond donors (Lipinski definition) is 0. The number of aryl methyl sites for hydroxylation is 1. The third kappa shape index (κ3) is 2.90. The van der Waals surface area contributed by atoms with Crippen molar-refractivity contribution in [1.29, 1.82) is 0 Å². The molecule has 0 radical (unpaired) electrons. The molecule has 0 spiro atoms. The molecule has 0 aliphatic carbocycles. The van der Waals surface area contributed by atoms with Gasteiger partial charge in [-0.05, 0) is 30.2 Å². The van der Waals surface area contributed by atoms with Gasteiger partial charge in [-0.1, -0.05) is 53.6 Å². The zero-order valence-corrected chi connectivity index (χ0v) is 13.3. The third-order valence-corrected chi connectivity index (χ3v) is 4.05. The predicted molar refractivity (Wildman–Crippen MR) is 89.0 cm³/mol. The molecule has 0 saturated carbocycles. The van der Waals surface area contributed by atoms with Gasteiger partial charge in [0, 0.05) is 18.4 Å². The van der Waals surface area contributed by atoms with Crippen molar-refractivity contribution in [2.45, 2.75) is 26.3 Å². The number of hydrazone groups is 1. The summed E-state index contributed by atoms with van der Waals surface area (Å²) in [7, 11) is 0. The standard InChI is InChI=1S/C18H17ClN2O/c1-12-5-3-6-14(9-12)17-11-18(21(20-17)13(2)22)15-7-4-8-16(19)10-15/h3-10,18H,11H2,1-2H3/t18-/m0/s1. The van der Waals surface area contributed by atoms with Crippen LogP contribution in [-0.4, -0.2) is 16.6 Å². The van der Waals surface area contributed by atoms with Gasteiger partial charge in [-0.25, -0.2) is 5.01 Å². The van der Waals surface area contributed by atoms with Gasteiger partial charge in [0.1, 0.15) is 0 Å². The summed E-state index contributed by atoms with van der Waals surface area (Å²) in [4.78, 5) is 11.9. The topological polar surface area (TPSA) is 32.7 Å². The Morgan fingerprint density at radius 2 is 2.00 bits per heavy atom. The number of hydrogen-bond acceptors (Lipinski definition) is 2. The molecule has 1 heterocycles. The number of benzene rings is 2. The van der Waals surface area contributed by atoms with Gasteiger partial charge in [0.25, 0.3) is 0 Å². The second-order valence-corrected chi connectivity index (χ2v) is 5.99. The van der Waals surface area contributed by atoms with Gasteiger partial charge < -0.3 is 0 Å². The molecule has 1 aliphatic heterocycles. The zero-order chi connectivity index (χ0) is 15.7. The van der Waals surface area contributed by atoms with Crippen LogP contribution < -0.4 is 0 Å².